The van der Waals surface area contributed by atoms with E-state index in [1.165, 1.54) is 25.7 Å². The van der Waals surface area contributed by atoms with Gasteiger partial charge in [-0.25, -0.2) is 4.39 Å². The van der Waals surface area contributed by atoms with Gasteiger partial charge in [0, 0.05) is 5.41 Å². The van der Waals surface area contributed by atoms with Crippen molar-refractivity contribution in [1.29, 1.82) is 0 Å². The van der Waals surface area contributed by atoms with Crippen molar-refractivity contribution in [2.24, 2.45) is 34.5 Å². The molecular weight excluding hydrogens is 299 g/mol. The SMILES string of the molecule is C=C(C)C1(F)CCC2C3CCC4CC(O)CCC4(C)C3CCC21C. The zero-order valence-corrected chi connectivity index (χ0v) is 15.8. The number of aliphatic hydroxyl groups excluding tert-OH is 1. The molecule has 2 heteroatoms. The molecule has 0 amide bonds. The van der Waals surface area contributed by atoms with Crippen LogP contribution in [-0.4, -0.2) is 16.9 Å². The molecule has 4 aliphatic rings. The summed E-state index contributed by atoms with van der Waals surface area (Å²) in [5.74, 6) is 2.65. The van der Waals surface area contributed by atoms with Gasteiger partial charge in [-0.1, -0.05) is 20.4 Å². The maximum Gasteiger partial charge on any atom is 0.137 e. The standard InChI is InChI=1S/C22H35FO/c1-14(2)22(23)12-9-19-17-6-5-15-13-16(24)7-10-20(15,3)18(17)8-11-21(19,22)4/h15-19,24H,1,5-13H2,2-4H3. The predicted octanol–water partition coefficient (Wildman–Crippen LogP) is 5.67. The molecule has 1 N–H and O–H groups in total. The van der Waals surface area contributed by atoms with Crippen molar-refractivity contribution in [2.75, 3.05) is 0 Å². The first-order valence-corrected chi connectivity index (χ1v) is 10.3. The molecule has 4 aliphatic carbocycles. The molecule has 4 fully saturated rings. The minimum atomic E-state index is -1.15. The van der Waals surface area contributed by atoms with Crippen molar-refractivity contribution in [3.05, 3.63) is 12.2 Å². The molecule has 4 saturated carbocycles. The minimum absolute atomic E-state index is 0.0816. The number of fused-ring (bicyclic) bond motifs is 5. The normalized spacial score (nSPS) is 57.0. The fourth-order valence-electron chi connectivity index (χ4n) is 7.92. The number of aliphatic hydroxyl groups is 1. The topological polar surface area (TPSA) is 20.2 Å². The van der Waals surface area contributed by atoms with Gasteiger partial charge in [-0.3, -0.25) is 0 Å². The minimum Gasteiger partial charge on any atom is -0.393 e. The molecule has 0 radical (unpaired) electrons. The fourth-order valence-corrected chi connectivity index (χ4v) is 7.92. The largest absolute Gasteiger partial charge is 0.393 e. The third kappa shape index (κ3) is 2.01. The fraction of sp³-hybridized carbons (Fsp3) is 0.909. The number of rotatable bonds is 1. The Morgan fingerprint density at radius 3 is 2.42 bits per heavy atom. The second-order valence-electron chi connectivity index (χ2n) is 10.2. The molecular formula is C22H35FO. The van der Waals surface area contributed by atoms with Crippen molar-refractivity contribution in [2.45, 2.75) is 90.3 Å². The Bertz CT molecular complexity index is 544. The Morgan fingerprint density at radius 1 is 1.00 bits per heavy atom. The number of alkyl halides is 1. The molecule has 1 nitrogen and oxygen atoms in total. The van der Waals surface area contributed by atoms with E-state index in [9.17, 15) is 5.11 Å². The van der Waals surface area contributed by atoms with Gasteiger partial charge in [0.2, 0.25) is 0 Å². The molecule has 0 bridgehead atoms. The van der Waals surface area contributed by atoms with E-state index in [1.54, 1.807) is 0 Å². The smallest absolute Gasteiger partial charge is 0.137 e. The summed E-state index contributed by atoms with van der Waals surface area (Å²) in [5, 5.41) is 10.1. The molecule has 24 heavy (non-hydrogen) atoms. The summed E-state index contributed by atoms with van der Waals surface area (Å²) in [6.07, 6.45) is 9.49. The summed E-state index contributed by atoms with van der Waals surface area (Å²) >= 11 is 0. The summed E-state index contributed by atoms with van der Waals surface area (Å²) in [5.41, 5.74) is -0.207. The predicted molar refractivity (Wildman–Crippen MR) is 96.4 cm³/mol. The molecule has 8 unspecified atom stereocenters. The molecule has 4 rings (SSSR count). The lowest BCUT2D eigenvalue weighted by Crippen LogP contribution is -2.56. The molecule has 0 aromatic rings. The van der Waals surface area contributed by atoms with Crippen LogP contribution in [0.4, 0.5) is 4.39 Å². The summed E-state index contributed by atoms with van der Waals surface area (Å²) in [6, 6.07) is 0. The molecule has 136 valence electrons. The van der Waals surface area contributed by atoms with E-state index in [0.29, 0.717) is 29.6 Å². The summed E-state index contributed by atoms with van der Waals surface area (Å²) in [6.45, 7) is 10.7. The molecule has 0 heterocycles. The quantitative estimate of drug-likeness (QED) is 0.612. The lowest BCUT2D eigenvalue weighted by molar-refractivity contribution is -0.136. The van der Waals surface area contributed by atoms with Crippen molar-refractivity contribution < 1.29 is 9.50 Å². The zero-order valence-electron chi connectivity index (χ0n) is 15.8. The van der Waals surface area contributed by atoms with Crippen molar-refractivity contribution in [1.82, 2.24) is 0 Å². The third-order valence-electron chi connectivity index (χ3n) is 9.41. The number of allylic oxidation sites excluding steroid dienone is 1. The van der Waals surface area contributed by atoms with Crippen LogP contribution in [0, 0.1) is 34.5 Å². The molecule has 8 atom stereocenters. The highest BCUT2D eigenvalue weighted by atomic mass is 19.1. The second kappa shape index (κ2) is 5.32. The molecule has 0 aromatic heterocycles. The summed E-state index contributed by atoms with van der Waals surface area (Å²) in [7, 11) is 0. The summed E-state index contributed by atoms with van der Waals surface area (Å²) < 4.78 is 15.9. The van der Waals surface area contributed by atoms with E-state index in [4.69, 9.17) is 0 Å². The van der Waals surface area contributed by atoms with E-state index in [1.807, 2.05) is 6.92 Å². The van der Waals surface area contributed by atoms with Gasteiger partial charge in [-0.2, -0.15) is 0 Å². The average Bonchev–Trinajstić information content (AvgIpc) is 2.81. The second-order valence-corrected chi connectivity index (χ2v) is 10.2. The van der Waals surface area contributed by atoms with Crippen LogP contribution < -0.4 is 0 Å². The first kappa shape index (κ1) is 17.1. The van der Waals surface area contributed by atoms with Crippen LogP contribution in [0.1, 0.15) is 78.6 Å². The number of halogens is 1. The number of hydrogen-bond acceptors (Lipinski definition) is 1. The van der Waals surface area contributed by atoms with E-state index >= 15 is 4.39 Å². The van der Waals surface area contributed by atoms with Gasteiger partial charge >= 0.3 is 0 Å². The van der Waals surface area contributed by atoms with Crippen LogP contribution in [0.25, 0.3) is 0 Å². The third-order valence-corrected chi connectivity index (χ3v) is 9.41. The number of hydrogen-bond donors (Lipinski definition) is 1. The van der Waals surface area contributed by atoms with Gasteiger partial charge in [0.15, 0.2) is 0 Å². The van der Waals surface area contributed by atoms with Gasteiger partial charge in [-0.15, -0.1) is 0 Å². The highest BCUT2D eigenvalue weighted by Crippen LogP contribution is 2.69. The van der Waals surface area contributed by atoms with Crippen LogP contribution in [0.3, 0.4) is 0 Å². The van der Waals surface area contributed by atoms with Gasteiger partial charge < -0.3 is 5.11 Å². The summed E-state index contributed by atoms with van der Waals surface area (Å²) in [4.78, 5) is 0. The molecule has 0 saturated heterocycles. The van der Waals surface area contributed by atoms with Crippen LogP contribution in [0.5, 0.6) is 0 Å². The van der Waals surface area contributed by atoms with Crippen LogP contribution in [0.2, 0.25) is 0 Å². The highest BCUT2D eigenvalue weighted by molar-refractivity contribution is 5.24. The van der Waals surface area contributed by atoms with Crippen LogP contribution >= 0.6 is 0 Å². The first-order chi connectivity index (χ1) is 11.2. The van der Waals surface area contributed by atoms with Crippen molar-refractivity contribution in [3.63, 3.8) is 0 Å². The van der Waals surface area contributed by atoms with E-state index < -0.39 is 5.67 Å². The molecule has 0 aromatic carbocycles. The lowest BCUT2D eigenvalue weighted by Gasteiger charge is -2.61. The van der Waals surface area contributed by atoms with Gasteiger partial charge in [0.1, 0.15) is 5.67 Å². The first-order valence-electron chi connectivity index (χ1n) is 10.3. The maximum absolute atomic E-state index is 15.9. The Kier molecular flexibility index (Phi) is 3.78. The highest BCUT2D eigenvalue weighted by Gasteiger charge is 2.65. The van der Waals surface area contributed by atoms with Crippen molar-refractivity contribution >= 4 is 0 Å². The monoisotopic (exact) mass is 334 g/mol. The van der Waals surface area contributed by atoms with Crippen molar-refractivity contribution in [3.8, 4) is 0 Å². The van der Waals surface area contributed by atoms with Gasteiger partial charge in [-0.05, 0) is 99.4 Å². The Balaban J connectivity index is 1.65. The Labute approximate surface area is 147 Å². The average molecular weight is 335 g/mol. The maximum atomic E-state index is 15.9. The molecule has 0 aliphatic heterocycles. The lowest BCUT2D eigenvalue weighted by atomic mass is 9.44. The molecule has 0 spiro atoms. The Hall–Kier alpha value is -0.370. The van der Waals surface area contributed by atoms with Crippen LogP contribution in [-0.2, 0) is 0 Å². The Morgan fingerprint density at radius 2 is 1.71 bits per heavy atom. The van der Waals surface area contributed by atoms with Gasteiger partial charge in [0.25, 0.3) is 0 Å². The van der Waals surface area contributed by atoms with E-state index in [-0.39, 0.29) is 11.5 Å². The van der Waals surface area contributed by atoms with E-state index in [0.717, 1.165) is 37.2 Å². The zero-order chi connectivity index (χ0) is 17.3. The van der Waals surface area contributed by atoms with E-state index in [2.05, 4.69) is 20.4 Å². The van der Waals surface area contributed by atoms with Gasteiger partial charge in [0.05, 0.1) is 6.10 Å². The van der Waals surface area contributed by atoms with Crippen LogP contribution in [0.15, 0.2) is 12.2 Å².